The molecule has 1 heterocycles. The Bertz CT molecular complexity index is 403. The van der Waals surface area contributed by atoms with Crippen LogP contribution in [0.5, 0.6) is 0 Å². The highest BCUT2D eigenvalue weighted by atomic mass is 16.5. The van der Waals surface area contributed by atoms with Crippen molar-refractivity contribution in [1.29, 1.82) is 0 Å². The van der Waals surface area contributed by atoms with Crippen LogP contribution in [0.15, 0.2) is 12.1 Å². The zero-order valence-corrected chi connectivity index (χ0v) is 10.8. The van der Waals surface area contributed by atoms with Gasteiger partial charge in [0.1, 0.15) is 0 Å². The number of rotatable bonds is 6. The van der Waals surface area contributed by atoms with E-state index >= 15 is 0 Å². The quantitative estimate of drug-likeness (QED) is 0.392. The molecule has 0 spiro atoms. The number of hydrazine groups is 1. The second-order valence-corrected chi connectivity index (χ2v) is 4.48. The summed E-state index contributed by atoms with van der Waals surface area (Å²) in [5.41, 5.74) is 2.62. The van der Waals surface area contributed by atoms with Crippen LogP contribution < -0.4 is 16.6 Å². The van der Waals surface area contributed by atoms with E-state index in [1.165, 1.54) is 12.8 Å². The highest BCUT2D eigenvalue weighted by Gasteiger charge is 2.15. The van der Waals surface area contributed by atoms with Gasteiger partial charge in [0.2, 0.25) is 0 Å². The number of carbonyl (C=O) groups excluding carboxylic acids is 1. The SMILES string of the molecule is NNc1ccc(C(=O)NCCOC2CCCC2)nn1. The largest absolute Gasteiger partial charge is 0.376 e. The summed E-state index contributed by atoms with van der Waals surface area (Å²) in [6, 6.07) is 3.16. The van der Waals surface area contributed by atoms with Gasteiger partial charge < -0.3 is 15.5 Å². The van der Waals surface area contributed by atoms with Crippen LogP contribution in [-0.4, -0.2) is 35.4 Å². The van der Waals surface area contributed by atoms with Gasteiger partial charge in [0.25, 0.3) is 5.91 Å². The molecule has 1 aromatic heterocycles. The number of hydrogen-bond acceptors (Lipinski definition) is 6. The van der Waals surface area contributed by atoms with Crippen LogP contribution in [-0.2, 0) is 4.74 Å². The Balaban J connectivity index is 1.68. The van der Waals surface area contributed by atoms with E-state index in [4.69, 9.17) is 10.6 Å². The van der Waals surface area contributed by atoms with E-state index in [0.717, 1.165) is 12.8 Å². The Morgan fingerprint density at radius 3 is 2.79 bits per heavy atom. The monoisotopic (exact) mass is 265 g/mol. The van der Waals surface area contributed by atoms with Gasteiger partial charge in [0, 0.05) is 6.54 Å². The van der Waals surface area contributed by atoms with Crippen molar-refractivity contribution in [1.82, 2.24) is 15.5 Å². The maximum Gasteiger partial charge on any atom is 0.271 e. The minimum absolute atomic E-state index is 0.258. The molecule has 0 bridgehead atoms. The summed E-state index contributed by atoms with van der Waals surface area (Å²) < 4.78 is 5.65. The average Bonchev–Trinajstić information content (AvgIpc) is 2.96. The molecule has 1 aliphatic carbocycles. The Hall–Kier alpha value is -1.73. The average molecular weight is 265 g/mol. The van der Waals surface area contributed by atoms with Gasteiger partial charge in [-0.2, -0.15) is 0 Å². The molecule has 0 aromatic carbocycles. The standard InChI is InChI=1S/C12H19N5O2/c13-15-11-6-5-10(16-17-11)12(18)14-7-8-19-9-3-1-2-4-9/h5-6,9H,1-4,7-8,13H2,(H,14,18)(H,15,17). The molecule has 0 radical (unpaired) electrons. The fraction of sp³-hybridized carbons (Fsp3) is 0.583. The van der Waals surface area contributed by atoms with Crippen molar-refractivity contribution in [2.24, 2.45) is 5.84 Å². The van der Waals surface area contributed by atoms with Crippen molar-refractivity contribution >= 4 is 11.7 Å². The molecule has 1 saturated carbocycles. The zero-order chi connectivity index (χ0) is 13.5. The third kappa shape index (κ3) is 4.15. The molecule has 19 heavy (non-hydrogen) atoms. The lowest BCUT2D eigenvalue weighted by atomic mass is 10.3. The number of nitrogens with one attached hydrogen (secondary N) is 2. The van der Waals surface area contributed by atoms with Crippen molar-refractivity contribution in [3.05, 3.63) is 17.8 Å². The first kappa shape index (κ1) is 13.7. The number of nitrogen functional groups attached to an aromatic ring is 1. The van der Waals surface area contributed by atoms with Gasteiger partial charge in [-0.25, -0.2) is 5.84 Å². The smallest absolute Gasteiger partial charge is 0.271 e. The highest BCUT2D eigenvalue weighted by Crippen LogP contribution is 2.20. The molecule has 104 valence electrons. The molecule has 7 heteroatoms. The molecule has 0 unspecified atom stereocenters. The first-order valence-corrected chi connectivity index (χ1v) is 6.50. The van der Waals surface area contributed by atoms with E-state index in [1.807, 2.05) is 0 Å². The van der Waals surface area contributed by atoms with Crippen LogP contribution in [0.3, 0.4) is 0 Å². The number of aromatic nitrogens is 2. The van der Waals surface area contributed by atoms with Gasteiger partial charge in [-0.15, -0.1) is 10.2 Å². The van der Waals surface area contributed by atoms with Gasteiger partial charge in [-0.05, 0) is 25.0 Å². The molecular weight excluding hydrogens is 246 g/mol. The first-order valence-electron chi connectivity index (χ1n) is 6.50. The number of carbonyl (C=O) groups is 1. The molecule has 1 fully saturated rings. The number of anilines is 1. The van der Waals surface area contributed by atoms with Crippen LogP contribution >= 0.6 is 0 Å². The zero-order valence-electron chi connectivity index (χ0n) is 10.8. The Kier molecular flexibility index (Phi) is 5.05. The van der Waals surface area contributed by atoms with Crippen molar-refractivity contribution in [3.63, 3.8) is 0 Å². The van der Waals surface area contributed by atoms with Crippen molar-refractivity contribution in [3.8, 4) is 0 Å². The van der Waals surface area contributed by atoms with Gasteiger partial charge in [0.15, 0.2) is 11.5 Å². The highest BCUT2D eigenvalue weighted by molar-refractivity contribution is 5.92. The number of nitrogens with two attached hydrogens (primary N) is 1. The van der Waals surface area contributed by atoms with Crippen molar-refractivity contribution < 1.29 is 9.53 Å². The van der Waals surface area contributed by atoms with E-state index in [1.54, 1.807) is 12.1 Å². The third-order valence-electron chi connectivity index (χ3n) is 3.09. The fourth-order valence-electron chi connectivity index (χ4n) is 2.07. The summed E-state index contributed by atoms with van der Waals surface area (Å²) in [6.45, 7) is 1.01. The van der Waals surface area contributed by atoms with Crippen LogP contribution in [0.4, 0.5) is 5.82 Å². The summed E-state index contributed by atoms with van der Waals surface area (Å²) in [4.78, 5) is 11.7. The van der Waals surface area contributed by atoms with E-state index < -0.39 is 0 Å². The summed E-state index contributed by atoms with van der Waals surface area (Å²) in [5.74, 6) is 5.32. The molecule has 1 aliphatic rings. The molecule has 7 nitrogen and oxygen atoms in total. The van der Waals surface area contributed by atoms with E-state index in [2.05, 4.69) is 20.9 Å². The Morgan fingerprint density at radius 2 is 2.16 bits per heavy atom. The number of nitrogens with zero attached hydrogens (tertiary/aromatic N) is 2. The fourth-order valence-corrected chi connectivity index (χ4v) is 2.07. The van der Waals surface area contributed by atoms with E-state index in [0.29, 0.717) is 25.1 Å². The summed E-state index contributed by atoms with van der Waals surface area (Å²) in [7, 11) is 0. The van der Waals surface area contributed by atoms with Gasteiger partial charge >= 0.3 is 0 Å². The number of ether oxygens (including phenoxy) is 1. The summed E-state index contributed by atoms with van der Waals surface area (Å²) >= 11 is 0. The molecule has 4 N–H and O–H groups in total. The van der Waals surface area contributed by atoms with Gasteiger partial charge in [-0.3, -0.25) is 4.79 Å². The third-order valence-corrected chi connectivity index (χ3v) is 3.09. The second-order valence-electron chi connectivity index (χ2n) is 4.48. The predicted molar refractivity (Wildman–Crippen MR) is 70.4 cm³/mol. The lowest BCUT2D eigenvalue weighted by Gasteiger charge is -2.11. The maximum absolute atomic E-state index is 11.7. The lowest BCUT2D eigenvalue weighted by molar-refractivity contribution is 0.0581. The van der Waals surface area contributed by atoms with Gasteiger partial charge in [0.05, 0.1) is 12.7 Å². The minimum atomic E-state index is -0.258. The van der Waals surface area contributed by atoms with Crippen LogP contribution in [0.1, 0.15) is 36.2 Å². The summed E-state index contributed by atoms with van der Waals surface area (Å²) in [5, 5.41) is 10.2. The molecular formula is C12H19N5O2. The summed E-state index contributed by atoms with van der Waals surface area (Å²) in [6.07, 6.45) is 5.12. The van der Waals surface area contributed by atoms with Crippen molar-refractivity contribution in [2.75, 3.05) is 18.6 Å². The minimum Gasteiger partial charge on any atom is -0.376 e. The molecule has 0 aliphatic heterocycles. The lowest BCUT2D eigenvalue weighted by Crippen LogP contribution is -2.29. The molecule has 0 atom stereocenters. The Labute approximate surface area is 111 Å². The number of amides is 1. The second kappa shape index (κ2) is 7.01. The molecule has 1 amide bonds. The Morgan fingerprint density at radius 1 is 1.37 bits per heavy atom. The van der Waals surface area contributed by atoms with Crippen LogP contribution in [0, 0.1) is 0 Å². The van der Waals surface area contributed by atoms with Crippen LogP contribution in [0.2, 0.25) is 0 Å². The van der Waals surface area contributed by atoms with E-state index in [9.17, 15) is 4.79 Å². The topological polar surface area (TPSA) is 102 Å². The van der Waals surface area contributed by atoms with Gasteiger partial charge in [-0.1, -0.05) is 12.8 Å². The maximum atomic E-state index is 11.7. The molecule has 1 aromatic rings. The molecule has 2 rings (SSSR count). The molecule has 0 saturated heterocycles. The van der Waals surface area contributed by atoms with E-state index in [-0.39, 0.29) is 11.6 Å². The van der Waals surface area contributed by atoms with Crippen LogP contribution in [0.25, 0.3) is 0 Å². The first-order chi connectivity index (χ1) is 9.29. The number of hydrogen-bond donors (Lipinski definition) is 3. The normalized spacial score (nSPS) is 15.4. The van der Waals surface area contributed by atoms with Crippen molar-refractivity contribution in [2.45, 2.75) is 31.8 Å². The predicted octanol–water partition coefficient (Wildman–Crippen LogP) is 0.451.